The molecule has 2 fully saturated rings. The number of hydrogen-bond acceptors (Lipinski definition) is 2. The largest absolute Gasteiger partial charge is 0.317 e. The van der Waals surface area contributed by atoms with Crippen molar-refractivity contribution in [2.45, 2.75) is 39.0 Å². The Morgan fingerprint density at radius 1 is 1.00 bits per heavy atom. The van der Waals surface area contributed by atoms with Crippen LogP contribution in [0.1, 0.15) is 39.0 Å². The minimum Gasteiger partial charge on any atom is -0.317 e. The normalized spacial score (nSPS) is 25.3. The molecule has 0 saturated carbocycles. The summed E-state index contributed by atoms with van der Waals surface area (Å²) in [5.74, 6) is 2.07. The second-order valence-electron chi connectivity index (χ2n) is 5.31. The number of likely N-dealkylation sites (tertiary alicyclic amines) is 1. The lowest BCUT2D eigenvalue weighted by Gasteiger charge is -2.34. The van der Waals surface area contributed by atoms with Crippen LogP contribution in [0.4, 0.5) is 0 Å². The molecule has 0 radical (unpaired) electrons. The summed E-state index contributed by atoms with van der Waals surface area (Å²) >= 11 is 0. The fourth-order valence-electron chi connectivity index (χ4n) is 3.13. The van der Waals surface area contributed by atoms with E-state index in [1.165, 1.54) is 64.8 Å². The van der Waals surface area contributed by atoms with E-state index in [0.29, 0.717) is 0 Å². The van der Waals surface area contributed by atoms with E-state index in [4.69, 9.17) is 0 Å². The van der Waals surface area contributed by atoms with Gasteiger partial charge >= 0.3 is 0 Å². The van der Waals surface area contributed by atoms with Crippen molar-refractivity contribution in [1.29, 1.82) is 0 Å². The van der Waals surface area contributed by atoms with Crippen molar-refractivity contribution in [3.05, 3.63) is 0 Å². The molecular weight excluding hydrogens is 220 g/mol. The summed E-state index contributed by atoms with van der Waals surface area (Å²) in [5, 5.41) is 3.46. The third kappa shape index (κ3) is 4.23. The molecule has 0 atom stereocenters. The van der Waals surface area contributed by atoms with E-state index < -0.39 is 0 Å². The summed E-state index contributed by atoms with van der Waals surface area (Å²) in [7, 11) is 0. The minimum atomic E-state index is 0. The average Bonchev–Trinajstić information content (AvgIpc) is 2.31. The molecule has 2 rings (SSSR count). The molecule has 0 amide bonds. The van der Waals surface area contributed by atoms with E-state index in [2.05, 4.69) is 17.1 Å². The number of nitrogens with zero attached hydrogens (tertiary/aromatic N) is 1. The molecule has 0 aromatic carbocycles. The Morgan fingerprint density at radius 3 is 2.12 bits per heavy atom. The predicted molar refractivity (Wildman–Crippen MR) is 72.3 cm³/mol. The van der Waals surface area contributed by atoms with Crippen molar-refractivity contribution in [3.63, 3.8) is 0 Å². The maximum Gasteiger partial charge on any atom is -0.00162 e. The maximum atomic E-state index is 3.46. The molecule has 96 valence electrons. The van der Waals surface area contributed by atoms with Gasteiger partial charge < -0.3 is 10.2 Å². The standard InChI is InChI=1S/C13H26N2.ClH/c1-2-15-9-5-13(6-10-15)11-12-3-7-14-8-4-12;/h12-14H,2-11H2,1H3;1H. The van der Waals surface area contributed by atoms with Crippen LogP contribution in [0, 0.1) is 11.8 Å². The molecule has 2 saturated heterocycles. The van der Waals surface area contributed by atoms with Gasteiger partial charge in [0.1, 0.15) is 0 Å². The summed E-state index contributed by atoms with van der Waals surface area (Å²) in [6.07, 6.45) is 7.27. The van der Waals surface area contributed by atoms with Crippen molar-refractivity contribution in [1.82, 2.24) is 10.2 Å². The zero-order chi connectivity index (χ0) is 10.5. The number of hydrogen-bond donors (Lipinski definition) is 1. The van der Waals surface area contributed by atoms with Crippen molar-refractivity contribution in [3.8, 4) is 0 Å². The Kier molecular flexibility index (Phi) is 6.71. The van der Waals surface area contributed by atoms with Gasteiger partial charge in [-0.3, -0.25) is 0 Å². The Bertz CT molecular complexity index is 173. The van der Waals surface area contributed by atoms with Gasteiger partial charge in [0.25, 0.3) is 0 Å². The van der Waals surface area contributed by atoms with Crippen molar-refractivity contribution < 1.29 is 0 Å². The molecule has 0 aromatic heterocycles. The quantitative estimate of drug-likeness (QED) is 0.824. The van der Waals surface area contributed by atoms with Crippen molar-refractivity contribution >= 4 is 12.4 Å². The second-order valence-corrected chi connectivity index (χ2v) is 5.31. The Morgan fingerprint density at radius 2 is 1.56 bits per heavy atom. The van der Waals surface area contributed by atoms with Crippen LogP contribution < -0.4 is 5.32 Å². The van der Waals surface area contributed by atoms with E-state index >= 15 is 0 Å². The molecule has 2 aliphatic heterocycles. The molecule has 1 N–H and O–H groups in total. The monoisotopic (exact) mass is 246 g/mol. The fraction of sp³-hybridized carbons (Fsp3) is 1.00. The first kappa shape index (κ1) is 14.3. The Labute approximate surface area is 107 Å². The molecule has 0 bridgehead atoms. The highest BCUT2D eigenvalue weighted by Gasteiger charge is 2.22. The summed E-state index contributed by atoms with van der Waals surface area (Å²) in [5.41, 5.74) is 0. The Balaban J connectivity index is 0.00000128. The lowest BCUT2D eigenvalue weighted by atomic mass is 9.83. The van der Waals surface area contributed by atoms with E-state index in [1.54, 1.807) is 0 Å². The van der Waals surface area contributed by atoms with Gasteiger partial charge in [0.15, 0.2) is 0 Å². The number of halogens is 1. The van der Waals surface area contributed by atoms with Crippen LogP contribution in [-0.4, -0.2) is 37.6 Å². The molecule has 0 spiro atoms. The second kappa shape index (κ2) is 7.52. The van der Waals surface area contributed by atoms with Gasteiger partial charge in [-0.15, -0.1) is 12.4 Å². The van der Waals surface area contributed by atoms with E-state index in [9.17, 15) is 0 Å². The first-order chi connectivity index (χ1) is 7.38. The van der Waals surface area contributed by atoms with Gasteiger partial charge in [-0.2, -0.15) is 0 Å². The van der Waals surface area contributed by atoms with Gasteiger partial charge in [-0.25, -0.2) is 0 Å². The summed E-state index contributed by atoms with van der Waals surface area (Å²) in [4.78, 5) is 2.60. The lowest BCUT2D eigenvalue weighted by molar-refractivity contribution is 0.165. The molecule has 2 aliphatic rings. The van der Waals surface area contributed by atoms with Gasteiger partial charge in [-0.05, 0) is 76.7 Å². The van der Waals surface area contributed by atoms with Crippen LogP contribution in [0.25, 0.3) is 0 Å². The first-order valence-electron chi connectivity index (χ1n) is 6.81. The zero-order valence-corrected chi connectivity index (χ0v) is 11.4. The highest BCUT2D eigenvalue weighted by atomic mass is 35.5. The summed E-state index contributed by atoms with van der Waals surface area (Å²) < 4.78 is 0. The molecule has 16 heavy (non-hydrogen) atoms. The van der Waals surface area contributed by atoms with E-state index in [1.807, 2.05) is 0 Å². The van der Waals surface area contributed by atoms with Crippen LogP contribution in [0.2, 0.25) is 0 Å². The maximum absolute atomic E-state index is 3.46. The molecule has 0 unspecified atom stereocenters. The van der Waals surface area contributed by atoms with Crippen LogP contribution in [0.15, 0.2) is 0 Å². The van der Waals surface area contributed by atoms with Gasteiger partial charge in [0.05, 0.1) is 0 Å². The van der Waals surface area contributed by atoms with Crippen molar-refractivity contribution in [2.24, 2.45) is 11.8 Å². The molecule has 2 heterocycles. The minimum absolute atomic E-state index is 0. The van der Waals surface area contributed by atoms with Gasteiger partial charge in [-0.1, -0.05) is 6.92 Å². The topological polar surface area (TPSA) is 15.3 Å². The fourth-order valence-corrected chi connectivity index (χ4v) is 3.13. The van der Waals surface area contributed by atoms with Crippen LogP contribution >= 0.6 is 12.4 Å². The molecule has 2 nitrogen and oxygen atoms in total. The predicted octanol–water partition coefficient (Wildman–Crippen LogP) is 2.53. The van der Waals surface area contributed by atoms with Gasteiger partial charge in [0.2, 0.25) is 0 Å². The van der Waals surface area contributed by atoms with E-state index in [0.717, 1.165) is 11.8 Å². The summed E-state index contributed by atoms with van der Waals surface area (Å²) in [6.45, 7) is 8.77. The number of nitrogens with one attached hydrogen (secondary N) is 1. The highest BCUT2D eigenvalue weighted by Crippen LogP contribution is 2.28. The van der Waals surface area contributed by atoms with Crippen LogP contribution in [0.5, 0.6) is 0 Å². The molecule has 3 heteroatoms. The zero-order valence-electron chi connectivity index (χ0n) is 10.6. The third-order valence-electron chi connectivity index (χ3n) is 4.28. The molecular formula is C13H27ClN2. The number of rotatable bonds is 3. The van der Waals surface area contributed by atoms with Crippen LogP contribution in [0.3, 0.4) is 0 Å². The number of piperidine rings is 2. The van der Waals surface area contributed by atoms with Crippen LogP contribution in [-0.2, 0) is 0 Å². The van der Waals surface area contributed by atoms with Crippen molar-refractivity contribution in [2.75, 3.05) is 32.7 Å². The smallest absolute Gasteiger partial charge is 0.00162 e. The average molecular weight is 247 g/mol. The van der Waals surface area contributed by atoms with Gasteiger partial charge in [0, 0.05) is 0 Å². The van der Waals surface area contributed by atoms with E-state index in [-0.39, 0.29) is 12.4 Å². The summed E-state index contributed by atoms with van der Waals surface area (Å²) in [6, 6.07) is 0. The lowest BCUT2D eigenvalue weighted by Crippen LogP contribution is -2.35. The third-order valence-corrected chi connectivity index (χ3v) is 4.28. The molecule has 0 aromatic rings. The molecule has 0 aliphatic carbocycles. The highest BCUT2D eigenvalue weighted by molar-refractivity contribution is 5.85. The first-order valence-corrected chi connectivity index (χ1v) is 6.81. The Hall–Kier alpha value is 0.210. The SMILES string of the molecule is CCN1CCC(CC2CCNCC2)CC1.Cl.